The number of nitrogens with one attached hydrogen (secondary N) is 1. The summed E-state index contributed by atoms with van der Waals surface area (Å²) in [5.41, 5.74) is 4.10. The van der Waals surface area contributed by atoms with E-state index in [4.69, 9.17) is 0 Å². The molecule has 1 amide bonds. The van der Waals surface area contributed by atoms with Crippen LogP contribution in [-0.2, 0) is 17.6 Å². The summed E-state index contributed by atoms with van der Waals surface area (Å²) in [6, 6.07) is 16.1. The van der Waals surface area contributed by atoms with Crippen molar-refractivity contribution in [3.8, 4) is 5.69 Å². The number of carbonyl (C=O) groups excluding carboxylic acids is 1. The Bertz CT molecular complexity index is 977. The van der Waals surface area contributed by atoms with Gasteiger partial charge >= 0.3 is 0 Å². The maximum Gasteiger partial charge on any atom is 0.224 e. The molecule has 0 saturated heterocycles. The first-order chi connectivity index (χ1) is 13.4. The number of hydrogen-bond acceptors (Lipinski definition) is 2. The molecule has 0 aliphatic heterocycles. The molecule has 0 fully saturated rings. The van der Waals surface area contributed by atoms with E-state index in [0.717, 1.165) is 35.3 Å². The van der Waals surface area contributed by atoms with Crippen LogP contribution in [0.3, 0.4) is 0 Å². The van der Waals surface area contributed by atoms with Gasteiger partial charge in [-0.05, 0) is 48.1 Å². The van der Waals surface area contributed by atoms with E-state index in [1.54, 1.807) is 12.1 Å². The van der Waals surface area contributed by atoms with Crippen LogP contribution in [0, 0.1) is 11.2 Å². The fourth-order valence-electron chi connectivity index (χ4n) is 4.00. The molecular weight excluding hydrogens is 353 g/mol. The zero-order chi connectivity index (χ0) is 19.7. The zero-order valence-corrected chi connectivity index (χ0v) is 16.2. The van der Waals surface area contributed by atoms with Gasteiger partial charge in [-0.3, -0.25) is 4.79 Å². The lowest BCUT2D eigenvalue weighted by Gasteiger charge is -2.36. The summed E-state index contributed by atoms with van der Waals surface area (Å²) in [4.78, 5) is 12.6. The van der Waals surface area contributed by atoms with Gasteiger partial charge in [0.05, 0.1) is 30.0 Å². The van der Waals surface area contributed by atoms with Crippen LogP contribution in [0.4, 0.5) is 4.39 Å². The predicted octanol–water partition coefficient (Wildman–Crippen LogP) is 4.38. The van der Waals surface area contributed by atoms with Gasteiger partial charge in [0, 0.05) is 5.56 Å². The molecule has 0 bridgehead atoms. The van der Waals surface area contributed by atoms with E-state index in [1.165, 1.54) is 12.1 Å². The number of hydrogen-bond donors (Lipinski definition) is 1. The number of nitrogens with zero attached hydrogens (tertiary/aromatic N) is 2. The van der Waals surface area contributed by atoms with Crippen molar-refractivity contribution in [2.75, 3.05) is 0 Å². The molecule has 2 aromatic carbocycles. The SMILES string of the molecule is CC1(C)Cc2c(cnn2-c2ccccc2)C(NC(=O)Cc2ccc(F)cc2)C1. The van der Waals surface area contributed by atoms with Gasteiger partial charge in [0.25, 0.3) is 0 Å². The van der Waals surface area contributed by atoms with Gasteiger partial charge < -0.3 is 5.32 Å². The maximum atomic E-state index is 13.1. The van der Waals surface area contributed by atoms with Crippen LogP contribution in [-0.4, -0.2) is 15.7 Å². The quantitative estimate of drug-likeness (QED) is 0.733. The standard InChI is InChI=1S/C23H24FN3O/c1-23(2)13-20(26-22(28)12-16-8-10-17(24)11-9-16)19-15-25-27(21(19)14-23)18-6-4-3-5-7-18/h3-11,15,20H,12-14H2,1-2H3,(H,26,28). The monoisotopic (exact) mass is 377 g/mol. The number of benzene rings is 2. The number of para-hydroxylation sites is 1. The molecule has 1 aromatic heterocycles. The lowest BCUT2D eigenvalue weighted by Crippen LogP contribution is -2.37. The maximum absolute atomic E-state index is 13.1. The van der Waals surface area contributed by atoms with Crippen molar-refractivity contribution in [3.05, 3.63) is 83.4 Å². The van der Waals surface area contributed by atoms with Gasteiger partial charge in [-0.2, -0.15) is 5.10 Å². The Hall–Kier alpha value is -2.95. The lowest BCUT2D eigenvalue weighted by atomic mass is 9.74. The first-order valence-corrected chi connectivity index (χ1v) is 9.57. The number of carbonyl (C=O) groups is 1. The first kappa shape index (κ1) is 18.4. The first-order valence-electron chi connectivity index (χ1n) is 9.57. The average molecular weight is 377 g/mol. The van der Waals surface area contributed by atoms with Crippen molar-refractivity contribution in [2.24, 2.45) is 5.41 Å². The Morgan fingerprint density at radius 2 is 1.89 bits per heavy atom. The Balaban J connectivity index is 1.58. The third-order valence-electron chi connectivity index (χ3n) is 5.29. The summed E-state index contributed by atoms with van der Waals surface area (Å²) in [5, 5.41) is 7.78. The third-order valence-corrected chi connectivity index (χ3v) is 5.29. The van der Waals surface area contributed by atoms with Gasteiger partial charge in [-0.15, -0.1) is 0 Å². The van der Waals surface area contributed by atoms with Crippen LogP contribution in [0.25, 0.3) is 5.69 Å². The molecular formula is C23H24FN3O. The third kappa shape index (κ3) is 3.84. The highest BCUT2D eigenvalue weighted by atomic mass is 19.1. The minimum atomic E-state index is -0.295. The highest BCUT2D eigenvalue weighted by Crippen LogP contribution is 2.41. The van der Waals surface area contributed by atoms with Crippen molar-refractivity contribution in [2.45, 2.75) is 39.2 Å². The molecule has 5 heteroatoms. The molecule has 0 saturated carbocycles. The topological polar surface area (TPSA) is 46.9 Å². The molecule has 28 heavy (non-hydrogen) atoms. The van der Waals surface area contributed by atoms with Crippen LogP contribution in [0.2, 0.25) is 0 Å². The molecule has 1 aliphatic carbocycles. The van der Waals surface area contributed by atoms with Crippen molar-refractivity contribution < 1.29 is 9.18 Å². The van der Waals surface area contributed by atoms with Crippen molar-refractivity contribution >= 4 is 5.91 Å². The number of rotatable bonds is 4. The highest BCUT2D eigenvalue weighted by Gasteiger charge is 2.35. The average Bonchev–Trinajstić information content (AvgIpc) is 3.07. The minimum Gasteiger partial charge on any atom is -0.349 e. The summed E-state index contributed by atoms with van der Waals surface area (Å²) < 4.78 is 15.1. The Kier molecular flexibility index (Phi) is 4.75. The van der Waals surface area contributed by atoms with Gasteiger partial charge in [0.1, 0.15) is 5.82 Å². The molecule has 0 spiro atoms. The number of halogens is 1. The molecule has 3 aromatic rings. The summed E-state index contributed by atoms with van der Waals surface area (Å²) in [6.07, 6.45) is 3.87. The second-order valence-corrected chi connectivity index (χ2v) is 8.26. The van der Waals surface area contributed by atoms with Crippen molar-refractivity contribution in [1.29, 1.82) is 0 Å². The van der Waals surface area contributed by atoms with Crippen LogP contribution >= 0.6 is 0 Å². The summed E-state index contributed by atoms with van der Waals surface area (Å²) in [7, 11) is 0. The largest absolute Gasteiger partial charge is 0.349 e. The molecule has 144 valence electrons. The number of amides is 1. The van der Waals surface area contributed by atoms with E-state index in [0.29, 0.717) is 0 Å². The van der Waals surface area contributed by atoms with Crippen molar-refractivity contribution in [1.82, 2.24) is 15.1 Å². The number of fused-ring (bicyclic) bond motifs is 1. The zero-order valence-electron chi connectivity index (χ0n) is 16.2. The summed E-state index contributed by atoms with van der Waals surface area (Å²) in [6.45, 7) is 4.44. The molecule has 4 rings (SSSR count). The van der Waals surface area contributed by atoms with Crippen LogP contribution in [0.15, 0.2) is 60.8 Å². The van der Waals surface area contributed by atoms with E-state index in [-0.39, 0.29) is 29.6 Å². The summed E-state index contributed by atoms with van der Waals surface area (Å²) in [5.74, 6) is -0.358. The second kappa shape index (κ2) is 7.23. The Morgan fingerprint density at radius 3 is 2.61 bits per heavy atom. The molecule has 1 N–H and O–H groups in total. The van der Waals surface area contributed by atoms with Crippen LogP contribution in [0.5, 0.6) is 0 Å². The van der Waals surface area contributed by atoms with Gasteiger partial charge in [0.15, 0.2) is 0 Å². The molecule has 0 radical (unpaired) electrons. The highest BCUT2D eigenvalue weighted by molar-refractivity contribution is 5.79. The summed E-state index contributed by atoms with van der Waals surface area (Å²) >= 11 is 0. The number of aromatic nitrogens is 2. The van der Waals surface area contributed by atoms with Crippen LogP contribution < -0.4 is 5.32 Å². The smallest absolute Gasteiger partial charge is 0.224 e. The minimum absolute atomic E-state index is 0.0490. The molecule has 1 heterocycles. The fourth-order valence-corrected chi connectivity index (χ4v) is 4.00. The second-order valence-electron chi connectivity index (χ2n) is 8.26. The van der Waals surface area contributed by atoms with Gasteiger partial charge in [-0.1, -0.05) is 44.2 Å². The van der Waals surface area contributed by atoms with E-state index in [1.807, 2.05) is 41.2 Å². The molecule has 1 aliphatic rings. The Labute approximate surface area is 164 Å². The van der Waals surface area contributed by atoms with E-state index in [2.05, 4.69) is 24.3 Å². The van der Waals surface area contributed by atoms with Crippen molar-refractivity contribution in [3.63, 3.8) is 0 Å². The van der Waals surface area contributed by atoms with Gasteiger partial charge in [-0.25, -0.2) is 9.07 Å². The molecule has 4 nitrogen and oxygen atoms in total. The molecule has 1 atom stereocenters. The lowest BCUT2D eigenvalue weighted by molar-refractivity contribution is -0.121. The molecule has 1 unspecified atom stereocenters. The van der Waals surface area contributed by atoms with E-state index < -0.39 is 0 Å². The van der Waals surface area contributed by atoms with E-state index in [9.17, 15) is 9.18 Å². The predicted molar refractivity (Wildman–Crippen MR) is 107 cm³/mol. The van der Waals surface area contributed by atoms with Crippen LogP contribution in [0.1, 0.15) is 43.1 Å². The van der Waals surface area contributed by atoms with E-state index >= 15 is 0 Å². The Morgan fingerprint density at radius 1 is 1.18 bits per heavy atom. The van der Waals surface area contributed by atoms with Gasteiger partial charge in [0.2, 0.25) is 5.91 Å². The normalized spacial score (nSPS) is 17.8. The fraction of sp³-hybridized carbons (Fsp3) is 0.304.